The molecule has 0 bridgehead atoms. The number of para-hydroxylation sites is 2. The number of nitrogens with zero attached hydrogens (tertiary/aromatic N) is 1. The van der Waals surface area contributed by atoms with E-state index in [4.69, 9.17) is 17.0 Å². The van der Waals surface area contributed by atoms with Crippen molar-refractivity contribution in [2.45, 2.75) is 0 Å². The van der Waals surface area contributed by atoms with Crippen LogP contribution in [-0.4, -0.2) is 25.2 Å². The van der Waals surface area contributed by atoms with Gasteiger partial charge in [0.2, 0.25) is 0 Å². The maximum atomic E-state index is 11.7. The van der Waals surface area contributed by atoms with Crippen molar-refractivity contribution in [1.82, 2.24) is 0 Å². The van der Waals surface area contributed by atoms with Crippen LogP contribution in [0.15, 0.2) is 54.6 Å². The predicted molar refractivity (Wildman–Crippen MR) is 88.8 cm³/mol. The van der Waals surface area contributed by atoms with E-state index in [2.05, 4.69) is 5.32 Å². The molecule has 0 aromatic heterocycles. The standard InChI is InChI=1S/C16H16N2O2S/c1-18(12-8-4-3-5-9-12)16(21)17-14-11-7-6-10-13(14)15(19)20-2/h3-11H,1-2H3,(H,17,21). The molecule has 2 rings (SSSR count). The topological polar surface area (TPSA) is 41.6 Å². The van der Waals surface area contributed by atoms with Crippen molar-refractivity contribution in [1.29, 1.82) is 0 Å². The number of carbonyl (C=O) groups excluding carboxylic acids is 1. The molecule has 21 heavy (non-hydrogen) atoms. The summed E-state index contributed by atoms with van der Waals surface area (Å²) in [7, 11) is 3.22. The van der Waals surface area contributed by atoms with Crippen molar-refractivity contribution in [2.75, 3.05) is 24.4 Å². The van der Waals surface area contributed by atoms with Gasteiger partial charge in [0, 0.05) is 12.7 Å². The molecule has 0 atom stereocenters. The molecule has 0 spiro atoms. The predicted octanol–water partition coefficient (Wildman–Crippen LogP) is 3.31. The highest BCUT2D eigenvalue weighted by molar-refractivity contribution is 7.80. The van der Waals surface area contributed by atoms with Crippen LogP contribution in [-0.2, 0) is 4.74 Å². The fraction of sp³-hybridized carbons (Fsp3) is 0.125. The fourth-order valence-electron chi connectivity index (χ4n) is 1.85. The van der Waals surface area contributed by atoms with Crippen molar-refractivity contribution >= 4 is 34.7 Å². The van der Waals surface area contributed by atoms with E-state index < -0.39 is 5.97 Å². The number of benzene rings is 2. The zero-order chi connectivity index (χ0) is 15.2. The minimum atomic E-state index is -0.400. The van der Waals surface area contributed by atoms with Crippen LogP contribution in [0.5, 0.6) is 0 Å². The molecule has 5 heteroatoms. The molecule has 0 aliphatic heterocycles. The molecular formula is C16H16N2O2S. The Balaban J connectivity index is 2.19. The SMILES string of the molecule is COC(=O)c1ccccc1NC(=S)N(C)c1ccccc1. The average Bonchev–Trinajstić information content (AvgIpc) is 2.54. The highest BCUT2D eigenvalue weighted by atomic mass is 32.1. The monoisotopic (exact) mass is 300 g/mol. The fourth-order valence-corrected chi connectivity index (χ4v) is 2.06. The summed E-state index contributed by atoms with van der Waals surface area (Å²) in [5.41, 5.74) is 2.03. The van der Waals surface area contributed by atoms with Crippen molar-refractivity contribution in [3.63, 3.8) is 0 Å². The smallest absolute Gasteiger partial charge is 0.339 e. The van der Waals surface area contributed by atoms with Gasteiger partial charge in [-0.2, -0.15) is 0 Å². The van der Waals surface area contributed by atoms with E-state index in [0.29, 0.717) is 16.4 Å². The third-order valence-corrected chi connectivity index (χ3v) is 3.40. The van der Waals surface area contributed by atoms with Gasteiger partial charge >= 0.3 is 5.97 Å². The number of thiocarbonyl (C=S) groups is 1. The number of nitrogens with one attached hydrogen (secondary N) is 1. The zero-order valence-corrected chi connectivity index (χ0v) is 12.7. The van der Waals surface area contributed by atoms with Gasteiger partial charge in [-0.1, -0.05) is 30.3 Å². The quantitative estimate of drug-likeness (QED) is 0.696. The zero-order valence-electron chi connectivity index (χ0n) is 11.9. The second-order valence-corrected chi connectivity index (χ2v) is 4.75. The van der Waals surface area contributed by atoms with Gasteiger partial charge < -0.3 is 15.0 Å². The number of anilines is 2. The second kappa shape index (κ2) is 6.85. The van der Waals surface area contributed by atoms with Crippen LogP contribution in [0.1, 0.15) is 10.4 Å². The Morgan fingerprint density at radius 2 is 1.71 bits per heavy atom. The molecule has 1 N–H and O–H groups in total. The molecule has 0 heterocycles. The molecule has 0 amide bonds. The minimum absolute atomic E-state index is 0.400. The third-order valence-electron chi connectivity index (χ3n) is 3.02. The second-order valence-electron chi connectivity index (χ2n) is 4.36. The van der Waals surface area contributed by atoms with Crippen LogP contribution >= 0.6 is 12.2 Å². The number of methoxy groups -OCH3 is 1. The number of hydrogen-bond acceptors (Lipinski definition) is 3. The Bertz CT molecular complexity index is 644. The number of esters is 1. The van der Waals surface area contributed by atoms with Gasteiger partial charge in [0.15, 0.2) is 5.11 Å². The van der Waals surface area contributed by atoms with E-state index in [1.54, 1.807) is 18.2 Å². The largest absolute Gasteiger partial charge is 0.465 e. The van der Waals surface area contributed by atoms with Crippen molar-refractivity contribution < 1.29 is 9.53 Å². The molecule has 0 aliphatic carbocycles. The summed E-state index contributed by atoms with van der Waals surface area (Å²) in [6, 6.07) is 16.8. The first kappa shape index (κ1) is 15.0. The first-order chi connectivity index (χ1) is 10.1. The van der Waals surface area contributed by atoms with E-state index in [1.165, 1.54) is 7.11 Å². The van der Waals surface area contributed by atoms with Gasteiger partial charge in [-0.05, 0) is 36.5 Å². The summed E-state index contributed by atoms with van der Waals surface area (Å²) in [5.74, 6) is -0.400. The highest BCUT2D eigenvalue weighted by Gasteiger charge is 2.13. The Morgan fingerprint density at radius 1 is 1.10 bits per heavy atom. The number of ether oxygens (including phenoxy) is 1. The number of rotatable bonds is 3. The first-order valence-corrected chi connectivity index (χ1v) is 6.81. The molecule has 108 valence electrons. The van der Waals surface area contributed by atoms with Crippen molar-refractivity contribution in [3.8, 4) is 0 Å². The molecule has 0 saturated heterocycles. The number of carbonyl (C=O) groups is 1. The summed E-state index contributed by atoms with van der Waals surface area (Å²) in [6.07, 6.45) is 0. The summed E-state index contributed by atoms with van der Waals surface area (Å²) in [6.45, 7) is 0. The molecule has 4 nitrogen and oxygen atoms in total. The molecule has 2 aromatic carbocycles. The van der Waals surface area contributed by atoms with Gasteiger partial charge in [0.1, 0.15) is 0 Å². The van der Waals surface area contributed by atoms with Gasteiger partial charge in [-0.15, -0.1) is 0 Å². The first-order valence-electron chi connectivity index (χ1n) is 6.40. The maximum absolute atomic E-state index is 11.7. The van der Waals surface area contributed by atoms with E-state index >= 15 is 0 Å². The van der Waals surface area contributed by atoms with Crippen LogP contribution in [0.4, 0.5) is 11.4 Å². The molecule has 0 unspecified atom stereocenters. The third kappa shape index (κ3) is 3.58. The summed E-state index contributed by atoms with van der Waals surface area (Å²) >= 11 is 5.39. The summed E-state index contributed by atoms with van der Waals surface area (Å²) in [5, 5.41) is 3.58. The number of hydrogen-bond donors (Lipinski definition) is 1. The molecule has 0 saturated carbocycles. The average molecular weight is 300 g/mol. The van der Waals surface area contributed by atoms with Crippen LogP contribution < -0.4 is 10.2 Å². The van der Waals surface area contributed by atoms with Crippen molar-refractivity contribution in [3.05, 3.63) is 60.2 Å². The lowest BCUT2D eigenvalue weighted by molar-refractivity contribution is 0.0602. The van der Waals surface area contributed by atoms with Gasteiger partial charge in [0.05, 0.1) is 18.4 Å². The Morgan fingerprint density at radius 3 is 2.38 bits per heavy atom. The van der Waals surface area contributed by atoms with Crippen molar-refractivity contribution in [2.24, 2.45) is 0 Å². The van der Waals surface area contributed by atoms with E-state index in [9.17, 15) is 4.79 Å². The van der Waals surface area contributed by atoms with Crippen LogP contribution in [0.25, 0.3) is 0 Å². The Kier molecular flexibility index (Phi) is 4.90. The van der Waals surface area contributed by atoms with Gasteiger partial charge in [-0.25, -0.2) is 4.79 Å². The molecule has 2 aromatic rings. The van der Waals surface area contributed by atoms with Gasteiger partial charge in [0.25, 0.3) is 0 Å². The van der Waals surface area contributed by atoms with E-state index in [1.807, 2.05) is 48.3 Å². The lowest BCUT2D eigenvalue weighted by Crippen LogP contribution is -2.31. The Hall–Kier alpha value is -2.40. The maximum Gasteiger partial charge on any atom is 0.339 e. The molecular weight excluding hydrogens is 284 g/mol. The molecule has 0 aliphatic rings. The van der Waals surface area contributed by atoms with Crippen LogP contribution in [0.3, 0.4) is 0 Å². The van der Waals surface area contributed by atoms with Crippen LogP contribution in [0, 0.1) is 0 Å². The van der Waals surface area contributed by atoms with E-state index in [-0.39, 0.29) is 0 Å². The Labute approximate surface area is 129 Å². The lowest BCUT2D eigenvalue weighted by atomic mass is 10.2. The summed E-state index contributed by atoms with van der Waals surface area (Å²) < 4.78 is 4.77. The molecule has 0 radical (unpaired) electrons. The normalized spacial score (nSPS) is 9.81. The lowest BCUT2D eigenvalue weighted by Gasteiger charge is -2.21. The minimum Gasteiger partial charge on any atom is -0.465 e. The van der Waals surface area contributed by atoms with Crippen LogP contribution in [0.2, 0.25) is 0 Å². The van der Waals surface area contributed by atoms with E-state index in [0.717, 1.165) is 5.69 Å². The highest BCUT2D eigenvalue weighted by Crippen LogP contribution is 2.18. The molecule has 0 fully saturated rings. The summed E-state index contributed by atoms with van der Waals surface area (Å²) in [4.78, 5) is 13.6. The van der Waals surface area contributed by atoms with Gasteiger partial charge in [-0.3, -0.25) is 0 Å².